The highest BCUT2D eigenvalue weighted by molar-refractivity contribution is 5.83. The van der Waals surface area contributed by atoms with Gasteiger partial charge in [-0.25, -0.2) is 4.98 Å². The van der Waals surface area contributed by atoms with Crippen LogP contribution in [0.3, 0.4) is 0 Å². The zero-order chi connectivity index (χ0) is 21.1. The van der Waals surface area contributed by atoms with Gasteiger partial charge in [0.15, 0.2) is 0 Å². The minimum Gasteiger partial charge on any atom is -0.497 e. The third kappa shape index (κ3) is 4.22. The zero-order valence-corrected chi connectivity index (χ0v) is 17.7. The molecule has 1 unspecified atom stereocenters. The van der Waals surface area contributed by atoms with E-state index < -0.39 is 0 Å². The average Bonchev–Trinajstić information content (AvgIpc) is 2.93. The fourth-order valence-corrected chi connectivity index (χ4v) is 3.37. The van der Waals surface area contributed by atoms with E-state index >= 15 is 0 Å². The molecule has 4 rings (SSSR count). The molecule has 1 N–H and O–H groups in total. The highest BCUT2D eigenvalue weighted by atomic mass is 16.5. The molecule has 2 heterocycles. The molecule has 0 bridgehead atoms. The third-order valence-electron chi connectivity index (χ3n) is 5.29. The molecule has 2 aromatic carbocycles. The first-order valence-corrected chi connectivity index (χ1v) is 9.93. The molecule has 0 spiro atoms. The number of aromatic nitrogens is 2. The molecule has 0 amide bonds. The molecule has 1 aliphatic rings. The van der Waals surface area contributed by atoms with E-state index in [9.17, 15) is 0 Å². The van der Waals surface area contributed by atoms with Crippen molar-refractivity contribution in [3.05, 3.63) is 66.6 Å². The smallest absolute Gasteiger partial charge is 0.124 e. The number of hydrogen-bond donors (Lipinski definition) is 1. The summed E-state index contributed by atoms with van der Waals surface area (Å²) >= 11 is 0. The van der Waals surface area contributed by atoms with Gasteiger partial charge in [-0.2, -0.15) is 0 Å². The molecular weight excluding hydrogens is 376 g/mol. The summed E-state index contributed by atoms with van der Waals surface area (Å²) in [6, 6.07) is 12.1. The Morgan fingerprint density at radius 2 is 1.77 bits per heavy atom. The molecule has 6 nitrogen and oxygen atoms in total. The molecule has 0 radical (unpaired) electrons. The second-order valence-electron chi connectivity index (χ2n) is 7.42. The molecule has 0 saturated heterocycles. The molecule has 154 valence electrons. The molecule has 1 aliphatic heterocycles. The van der Waals surface area contributed by atoms with Gasteiger partial charge in [0.25, 0.3) is 0 Å². The maximum absolute atomic E-state index is 5.36. The molecule has 0 saturated carbocycles. The summed E-state index contributed by atoms with van der Waals surface area (Å²) in [7, 11) is 5.37. The summed E-state index contributed by atoms with van der Waals surface area (Å²) in [5, 5.41) is 3.40. The van der Waals surface area contributed by atoms with Crippen molar-refractivity contribution in [2.45, 2.75) is 19.4 Å². The maximum atomic E-state index is 5.36. The minimum absolute atomic E-state index is 0.461. The molecule has 0 aliphatic carbocycles. The minimum atomic E-state index is 0.461. The van der Waals surface area contributed by atoms with Gasteiger partial charge < -0.3 is 19.7 Å². The second kappa shape index (κ2) is 8.45. The molecule has 3 aromatic rings. The van der Waals surface area contributed by atoms with Gasteiger partial charge in [-0.15, -0.1) is 0 Å². The van der Waals surface area contributed by atoms with Gasteiger partial charge in [0.05, 0.1) is 37.1 Å². The first-order valence-electron chi connectivity index (χ1n) is 9.93. The fraction of sp³-hybridized carbons (Fsp3) is 0.250. The monoisotopic (exact) mass is 402 g/mol. The van der Waals surface area contributed by atoms with E-state index in [4.69, 9.17) is 14.5 Å². The topological polar surface area (TPSA) is 59.5 Å². The van der Waals surface area contributed by atoms with Crippen molar-refractivity contribution in [3.8, 4) is 11.5 Å². The van der Waals surface area contributed by atoms with Gasteiger partial charge in [0.1, 0.15) is 11.5 Å². The van der Waals surface area contributed by atoms with E-state index in [0.29, 0.717) is 6.04 Å². The first kappa shape index (κ1) is 19.8. The maximum Gasteiger partial charge on any atom is 0.124 e. The van der Waals surface area contributed by atoms with E-state index in [1.54, 1.807) is 14.2 Å². The lowest BCUT2D eigenvalue weighted by Crippen LogP contribution is -2.22. The number of allylic oxidation sites excluding steroid dienone is 2. The molecule has 30 heavy (non-hydrogen) atoms. The van der Waals surface area contributed by atoms with Crippen molar-refractivity contribution in [2.75, 3.05) is 26.6 Å². The predicted octanol–water partition coefficient (Wildman–Crippen LogP) is 5.01. The summed E-state index contributed by atoms with van der Waals surface area (Å²) < 4.78 is 10.7. The van der Waals surface area contributed by atoms with Gasteiger partial charge in [-0.1, -0.05) is 12.2 Å². The van der Waals surface area contributed by atoms with Gasteiger partial charge >= 0.3 is 0 Å². The van der Waals surface area contributed by atoms with E-state index in [2.05, 4.69) is 47.5 Å². The third-order valence-corrected chi connectivity index (χ3v) is 5.29. The highest BCUT2D eigenvalue weighted by Crippen LogP contribution is 2.29. The SMILES string of the molecule is COc1cc(Nc2ccc3ncc(C4=CN(C)C(C)CC=C4)nc3c2)cc(OC)c1. The van der Waals surface area contributed by atoms with Crippen LogP contribution < -0.4 is 14.8 Å². The van der Waals surface area contributed by atoms with Crippen molar-refractivity contribution >= 4 is 28.0 Å². The number of nitrogens with zero attached hydrogens (tertiary/aromatic N) is 3. The van der Waals surface area contributed by atoms with Gasteiger partial charge in [0, 0.05) is 54.4 Å². The summed E-state index contributed by atoms with van der Waals surface area (Å²) in [6.07, 6.45) is 9.30. The molecule has 1 aromatic heterocycles. The molecule has 1 atom stereocenters. The summed E-state index contributed by atoms with van der Waals surface area (Å²) in [4.78, 5) is 11.7. The van der Waals surface area contributed by atoms with Crippen LogP contribution >= 0.6 is 0 Å². The number of ether oxygens (including phenoxy) is 2. The number of benzene rings is 2. The largest absolute Gasteiger partial charge is 0.497 e. The van der Waals surface area contributed by atoms with E-state index in [-0.39, 0.29) is 0 Å². The van der Waals surface area contributed by atoms with Gasteiger partial charge in [0.2, 0.25) is 0 Å². The number of methoxy groups -OCH3 is 2. The van der Waals surface area contributed by atoms with E-state index in [1.807, 2.05) is 42.6 Å². The van der Waals surface area contributed by atoms with Crippen LogP contribution in [0.25, 0.3) is 16.6 Å². The van der Waals surface area contributed by atoms with Crippen LogP contribution in [-0.4, -0.2) is 42.2 Å². The van der Waals surface area contributed by atoms with Crippen LogP contribution in [0.2, 0.25) is 0 Å². The van der Waals surface area contributed by atoms with Gasteiger partial charge in [-0.3, -0.25) is 4.98 Å². The number of anilines is 2. The average molecular weight is 402 g/mol. The standard InChI is InChI=1S/C24H26N4O2/c1-16-6-5-7-17(15-28(16)2)24-14-25-22-9-8-18(12-23(22)27-24)26-19-10-20(29-3)13-21(11-19)30-4/h5,7-16,26H,6H2,1-4H3. The van der Waals surface area contributed by atoms with Crippen molar-refractivity contribution < 1.29 is 9.47 Å². The van der Waals surface area contributed by atoms with E-state index in [1.165, 1.54) is 0 Å². The molecular formula is C24H26N4O2. The lowest BCUT2D eigenvalue weighted by Gasteiger charge is -2.20. The summed E-state index contributed by atoms with van der Waals surface area (Å²) in [6.45, 7) is 2.21. The highest BCUT2D eigenvalue weighted by Gasteiger charge is 2.12. The van der Waals surface area contributed by atoms with Crippen LogP contribution in [0, 0.1) is 0 Å². The Kier molecular flexibility index (Phi) is 5.57. The van der Waals surface area contributed by atoms with Crippen molar-refractivity contribution in [2.24, 2.45) is 0 Å². The van der Waals surface area contributed by atoms with Crippen LogP contribution in [0.15, 0.2) is 60.9 Å². The Morgan fingerprint density at radius 1 is 1.00 bits per heavy atom. The quantitative estimate of drug-likeness (QED) is 0.647. The molecule has 6 heteroatoms. The van der Waals surface area contributed by atoms with E-state index in [0.717, 1.165) is 51.6 Å². The van der Waals surface area contributed by atoms with Crippen LogP contribution in [0.1, 0.15) is 19.0 Å². The number of hydrogen-bond acceptors (Lipinski definition) is 6. The zero-order valence-electron chi connectivity index (χ0n) is 17.7. The summed E-state index contributed by atoms with van der Waals surface area (Å²) in [5.41, 5.74) is 5.40. The molecule has 0 fully saturated rings. The Bertz CT molecular complexity index is 1100. The predicted molar refractivity (Wildman–Crippen MR) is 121 cm³/mol. The van der Waals surface area contributed by atoms with Crippen molar-refractivity contribution in [1.82, 2.24) is 14.9 Å². The number of nitrogens with one attached hydrogen (secondary N) is 1. The Hall–Kier alpha value is -3.54. The number of rotatable bonds is 5. The van der Waals surface area contributed by atoms with Crippen molar-refractivity contribution in [1.29, 1.82) is 0 Å². The van der Waals surface area contributed by atoms with Crippen molar-refractivity contribution in [3.63, 3.8) is 0 Å². The number of fused-ring (bicyclic) bond motifs is 1. The van der Waals surface area contributed by atoms with Crippen LogP contribution in [0.4, 0.5) is 11.4 Å². The van der Waals surface area contributed by atoms with Crippen LogP contribution in [-0.2, 0) is 0 Å². The lowest BCUT2D eigenvalue weighted by molar-refractivity contribution is 0.357. The Morgan fingerprint density at radius 3 is 2.50 bits per heavy atom. The normalized spacial score (nSPS) is 16.2. The lowest BCUT2D eigenvalue weighted by atomic mass is 10.1. The second-order valence-corrected chi connectivity index (χ2v) is 7.42. The first-order chi connectivity index (χ1) is 14.6. The van der Waals surface area contributed by atoms with Gasteiger partial charge in [-0.05, 0) is 31.5 Å². The van der Waals surface area contributed by atoms with Crippen LogP contribution in [0.5, 0.6) is 11.5 Å². The fourth-order valence-electron chi connectivity index (χ4n) is 3.37. The summed E-state index contributed by atoms with van der Waals surface area (Å²) in [5.74, 6) is 1.45. The Balaban J connectivity index is 1.66. The Labute approximate surface area is 176 Å².